The third kappa shape index (κ3) is 7.26. The molecule has 0 aliphatic heterocycles. The molecule has 0 aromatic heterocycles. The van der Waals surface area contributed by atoms with Gasteiger partial charge < -0.3 is 15.4 Å². The van der Waals surface area contributed by atoms with Gasteiger partial charge in [-0.25, -0.2) is 5.43 Å². The third-order valence-electron chi connectivity index (χ3n) is 5.32. The van der Waals surface area contributed by atoms with Gasteiger partial charge in [-0.2, -0.15) is 5.10 Å². The summed E-state index contributed by atoms with van der Waals surface area (Å²) >= 11 is 0. The molecule has 35 heavy (non-hydrogen) atoms. The fourth-order valence-corrected chi connectivity index (χ4v) is 3.25. The van der Waals surface area contributed by atoms with E-state index < -0.39 is 11.8 Å². The SMILES string of the molecule is Cc1ccc(NC(=O)COc2cccc(/C=N\NC(=O)C(=O)Nc3c(C)cccc3C)c2)cc1C. The second kappa shape index (κ2) is 11.6. The number of amides is 3. The number of nitrogens with one attached hydrogen (secondary N) is 3. The highest BCUT2D eigenvalue weighted by molar-refractivity contribution is 6.39. The van der Waals surface area contributed by atoms with Crippen LogP contribution in [0.1, 0.15) is 27.8 Å². The molecule has 0 atom stereocenters. The van der Waals surface area contributed by atoms with Crippen LogP contribution in [-0.2, 0) is 14.4 Å². The van der Waals surface area contributed by atoms with Crippen LogP contribution in [0.2, 0.25) is 0 Å². The first-order valence-electron chi connectivity index (χ1n) is 11.0. The zero-order valence-electron chi connectivity index (χ0n) is 20.1. The molecule has 3 aromatic carbocycles. The van der Waals surface area contributed by atoms with Gasteiger partial charge >= 0.3 is 11.8 Å². The largest absolute Gasteiger partial charge is 0.484 e. The highest BCUT2D eigenvalue weighted by Crippen LogP contribution is 2.19. The van der Waals surface area contributed by atoms with Gasteiger partial charge in [-0.15, -0.1) is 0 Å². The molecular weight excluding hydrogens is 444 g/mol. The van der Waals surface area contributed by atoms with Crippen molar-refractivity contribution in [2.45, 2.75) is 27.7 Å². The number of para-hydroxylation sites is 1. The minimum absolute atomic E-state index is 0.164. The molecule has 3 rings (SSSR count). The van der Waals surface area contributed by atoms with E-state index in [0.717, 1.165) is 22.3 Å². The van der Waals surface area contributed by atoms with Crippen LogP contribution in [0.4, 0.5) is 11.4 Å². The normalized spacial score (nSPS) is 10.6. The Labute approximate surface area is 204 Å². The first-order chi connectivity index (χ1) is 16.7. The van der Waals surface area contributed by atoms with Crippen LogP contribution in [0.5, 0.6) is 5.75 Å². The van der Waals surface area contributed by atoms with Crippen molar-refractivity contribution >= 4 is 35.3 Å². The Balaban J connectivity index is 1.50. The zero-order valence-corrected chi connectivity index (χ0v) is 20.1. The summed E-state index contributed by atoms with van der Waals surface area (Å²) in [6, 6.07) is 18.1. The van der Waals surface area contributed by atoms with Crippen LogP contribution in [0.25, 0.3) is 0 Å². The number of aryl methyl sites for hydroxylation is 4. The summed E-state index contributed by atoms with van der Waals surface area (Å²) in [4.78, 5) is 36.5. The Morgan fingerprint density at radius 3 is 2.23 bits per heavy atom. The summed E-state index contributed by atoms with van der Waals surface area (Å²) in [5.74, 6) is -1.52. The minimum atomic E-state index is -0.890. The second-order valence-corrected chi connectivity index (χ2v) is 8.13. The van der Waals surface area contributed by atoms with E-state index in [0.29, 0.717) is 22.7 Å². The van der Waals surface area contributed by atoms with Gasteiger partial charge in [-0.3, -0.25) is 14.4 Å². The minimum Gasteiger partial charge on any atom is -0.484 e. The molecular formula is C27H28N4O4. The Hall–Kier alpha value is -4.46. The van der Waals surface area contributed by atoms with Gasteiger partial charge in [0.1, 0.15) is 5.75 Å². The molecule has 0 heterocycles. The van der Waals surface area contributed by atoms with Crippen molar-refractivity contribution in [1.82, 2.24) is 5.43 Å². The Kier molecular flexibility index (Phi) is 8.34. The monoisotopic (exact) mass is 472 g/mol. The van der Waals surface area contributed by atoms with Crippen molar-refractivity contribution in [3.8, 4) is 5.75 Å². The quantitative estimate of drug-likeness (QED) is 0.274. The molecule has 0 unspecified atom stereocenters. The van der Waals surface area contributed by atoms with Crippen LogP contribution in [0.3, 0.4) is 0 Å². The smallest absolute Gasteiger partial charge is 0.329 e. The zero-order chi connectivity index (χ0) is 25.4. The molecule has 0 aliphatic carbocycles. The van der Waals surface area contributed by atoms with Gasteiger partial charge in [0.25, 0.3) is 5.91 Å². The van der Waals surface area contributed by atoms with E-state index in [1.165, 1.54) is 6.21 Å². The van der Waals surface area contributed by atoms with E-state index in [4.69, 9.17) is 4.74 Å². The van der Waals surface area contributed by atoms with E-state index in [1.54, 1.807) is 24.3 Å². The average Bonchev–Trinajstić information content (AvgIpc) is 2.82. The van der Waals surface area contributed by atoms with Gasteiger partial charge in [0.2, 0.25) is 0 Å². The number of hydrogen-bond donors (Lipinski definition) is 3. The van der Waals surface area contributed by atoms with E-state index >= 15 is 0 Å². The number of hydrazone groups is 1. The maximum atomic E-state index is 12.2. The lowest BCUT2D eigenvalue weighted by atomic mass is 10.1. The predicted octanol–water partition coefficient (Wildman–Crippen LogP) is 4.03. The molecule has 180 valence electrons. The predicted molar refractivity (Wildman–Crippen MR) is 137 cm³/mol. The topological polar surface area (TPSA) is 109 Å². The molecule has 0 radical (unpaired) electrons. The van der Waals surface area contributed by atoms with E-state index in [-0.39, 0.29) is 12.5 Å². The van der Waals surface area contributed by atoms with E-state index in [1.807, 2.05) is 64.1 Å². The number of hydrogen-bond acceptors (Lipinski definition) is 5. The van der Waals surface area contributed by atoms with Crippen molar-refractivity contribution in [3.63, 3.8) is 0 Å². The molecule has 3 aromatic rings. The van der Waals surface area contributed by atoms with Crippen LogP contribution < -0.4 is 20.8 Å². The number of benzene rings is 3. The summed E-state index contributed by atoms with van der Waals surface area (Å²) in [5, 5.41) is 9.24. The van der Waals surface area contributed by atoms with E-state index in [9.17, 15) is 14.4 Å². The fourth-order valence-electron chi connectivity index (χ4n) is 3.25. The van der Waals surface area contributed by atoms with Gasteiger partial charge in [0.15, 0.2) is 6.61 Å². The fraction of sp³-hybridized carbons (Fsp3) is 0.185. The highest BCUT2D eigenvalue weighted by Gasteiger charge is 2.15. The lowest BCUT2D eigenvalue weighted by Crippen LogP contribution is -2.32. The van der Waals surface area contributed by atoms with Gasteiger partial charge in [-0.1, -0.05) is 36.4 Å². The van der Waals surface area contributed by atoms with Crippen LogP contribution in [-0.4, -0.2) is 30.5 Å². The summed E-state index contributed by atoms with van der Waals surface area (Å²) in [7, 11) is 0. The molecule has 3 N–H and O–H groups in total. The number of ether oxygens (including phenoxy) is 1. The molecule has 3 amide bonds. The lowest BCUT2D eigenvalue weighted by molar-refractivity contribution is -0.136. The molecule has 8 nitrogen and oxygen atoms in total. The van der Waals surface area contributed by atoms with Gasteiger partial charge in [0.05, 0.1) is 6.21 Å². The summed E-state index contributed by atoms with van der Waals surface area (Å²) < 4.78 is 5.56. The number of rotatable bonds is 7. The van der Waals surface area contributed by atoms with Crippen LogP contribution in [0.15, 0.2) is 65.8 Å². The molecule has 0 fully saturated rings. The van der Waals surface area contributed by atoms with Gasteiger partial charge in [0, 0.05) is 11.4 Å². The first-order valence-corrected chi connectivity index (χ1v) is 11.0. The molecule has 0 saturated heterocycles. The molecule has 0 bridgehead atoms. The lowest BCUT2D eigenvalue weighted by Gasteiger charge is -2.10. The van der Waals surface area contributed by atoms with Crippen molar-refractivity contribution < 1.29 is 19.1 Å². The highest BCUT2D eigenvalue weighted by atomic mass is 16.5. The second-order valence-electron chi connectivity index (χ2n) is 8.13. The Morgan fingerprint density at radius 2 is 1.51 bits per heavy atom. The number of anilines is 2. The summed E-state index contributed by atoms with van der Waals surface area (Å²) in [5.41, 5.74) is 8.08. The molecule has 0 aliphatic rings. The number of carbonyl (C=O) groups is 3. The van der Waals surface area contributed by atoms with Gasteiger partial charge in [-0.05, 0) is 79.8 Å². The molecule has 0 spiro atoms. The number of nitrogens with zero attached hydrogens (tertiary/aromatic N) is 1. The molecule has 8 heteroatoms. The van der Waals surface area contributed by atoms with Crippen LogP contribution in [0, 0.1) is 27.7 Å². The standard InChI is InChI=1S/C27H28N4O4/c1-17-11-12-22(13-20(17)4)29-24(32)16-35-23-10-6-9-21(14-23)15-28-31-27(34)26(33)30-25-18(2)7-5-8-19(25)3/h5-15H,16H2,1-4H3,(H,29,32)(H,30,33)(H,31,34)/b28-15-. The maximum absolute atomic E-state index is 12.2. The number of carbonyl (C=O) groups excluding carboxylic acids is 3. The van der Waals surface area contributed by atoms with Crippen molar-refractivity contribution in [1.29, 1.82) is 0 Å². The Morgan fingerprint density at radius 1 is 0.800 bits per heavy atom. The van der Waals surface area contributed by atoms with Crippen molar-refractivity contribution in [2.24, 2.45) is 5.10 Å². The van der Waals surface area contributed by atoms with E-state index in [2.05, 4.69) is 21.2 Å². The average molecular weight is 473 g/mol. The third-order valence-corrected chi connectivity index (χ3v) is 5.32. The summed E-state index contributed by atoms with van der Waals surface area (Å²) in [6.07, 6.45) is 1.38. The first kappa shape index (κ1) is 25.2. The Bertz CT molecular complexity index is 1260. The van der Waals surface area contributed by atoms with Crippen molar-refractivity contribution in [2.75, 3.05) is 17.2 Å². The van der Waals surface area contributed by atoms with Crippen molar-refractivity contribution in [3.05, 3.63) is 88.5 Å². The summed E-state index contributed by atoms with van der Waals surface area (Å²) in [6.45, 7) is 7.52. The maximum Gasteiger partial charge on any atom is 0.329 e. The van der Waals surface area contributed by atoms with Crippen LogP contribution >= 0.6 is 0 Å². The molecule has 0 saturated carbocycles.